The van der Waals surface area contributed by atoms with Crippen molar-refractivity contribution in [1.82, 2.24) is 0 Å². The van der Waals surface area contributed by atoms with Crippen LogP contribution >= 0.6 is 37.7 Å². The van der Waals surface area contributed by atoms with Gasteiger partial charge in [-0.25, -0.2) is 35.9 Å². The van der Waals surface area contributed by atoms with Crippen molar-refractivity contribution in [3.8, 4) is 0 Å². The molecule has 12 fully saturated rings. The molecule has 6 N–H and O–H groups in total. The number of alkyl halides is 1. The van der Waals surface area contributed by atoms with Gasteiger partial charge in [0.05, 0.1) is 64.2 Å². The topological polar surface area (TPSA) is 288 Å². The number of carboxylic acid groups (broad SMARTS) is 2. The molecule has 3 aromatic rings. The van der Waals surface area contributed by atoms with Crippen molar-refractivity contribution in [3.05, 3.63) is 106 Å². The molecule has 15 rings (SSSR count). The standard InChI is InChI=1S/C15H16F2O2.C15H16F2O.C14H14F2O3.C11H18O3.C10H16O4.C9H14O2.C4H7BrO.C3H9ISi.Li.H2O/c1-14-2-4-15(9-14,5-3-14)19-13(18)10-6-11(16)8-12(17)7-10;1-14-2-4-15(9-14,5-3-14)13(18)10-6-11(16)8-12(17)7-10;15-10-5-9(6-11(16)7-10)12(17)19-14-3-1-13(18,8-14)2-4-14;1-9(12)2-7-14-11-5-3-10(13,8-11)4-6-11;11-8(12)1-6-14-10-4-2-9(13,7-10)3-5-10;1-8-2-4-9(6-8,5-3-8)7(10)11;1-4(6)2-3-5;1-5(2,3)4;;/h6-8H,2-5,9H2,1H3;6-8H,2-5,9H2,1H3;5-7,18H,1-4,8H2;13H,2-8H2,1H3;13H,1-7H2,(H,11,12);2-6H2,1H3,(H,10,11);2-3H2,1H3;1-3H3;;1H2/q;;;;;;;;+1;/p-1. The number of benzene rings is 3. The molecule has 0 aromatic heterocycles. The number of ketones is 3. The molecule has 12 aliphatic carbocycles. The van der Waals surface area contributed by atoms with Crippen molar-refractivity contribution in [2.24, 2.45) is 27.1 Å². The smallest absolute Gasteiger partial charge is 0.870 e. The molecular formula is C81H111BrF6ILiO17Si. The van der Waals surface area contributed by atoms with Gasteiger partial charge in [-0.2, -0.15) is 0 Å². The molecule has 12 saturated carbocycles. The molecule has 0 atom stereocenters. The van der Waals surface area contributed by atoms with Gasteiger partial charge < -0.3 is 50.0 Å². The van der Waals surface area contributed by atoms with Crippen molar-refractivity contribution in [3.63, 3.8) is 0 Å². The number of aliphatic carboxylic acids is 2. The van der Waals surface area contributed by atoms with Crippen molar-refractivity contribution in [1.29, 1.82) is 0 Å². The quantitative estimate of drug-likeness (QED) is 0.0160. The molecule has 108 heavy (non-hydrogen) atoms. The first-order valence-corrected chi connectivity index (χ1v) is 45.4. The Balaban J connectivity index is 0.000000198. The fourth-order valence-electron chi connectivity index (χ4n) is 18.8. The molecule has 3 aromatic carbocycles. The van der Waals surface area contributed by atoms with Crippen molar-refractivity contribution in [2.45, 2.75) is 305 Å². The van der Waals surface area contributed by atoms with Gasteiger partial charge in [-0.05, 0) is 240 Å². The number of carbonyl (C=O) groups is 7. The summed E-state index contributed by atoms with van der Waals surface area (Å²) in [5, 5.41) is 48.2. The molecule has 0 unspecified atom stereocenters. The third-order valence-corrected chi connectivity index (χ3v) is 25.0. The van der Waals surface area contributed by atoms with Gasteiger partial charge in [0, 0.05) is 66.6 Å². The molecule has 0 amide bonds. The molecule has 0 radical (unpaired) electrons. The van der Waals surface area contributed by atoms with E-state index in [4.69, 9.17) is 29.2 Å². The number of hydrogen-bond donors (Lipinski definition) is 5. The molecule has 17 nitrogen and oxygen atoms in total. The van der Waals surface area contributed by atoms with E-state index in [-0.39, 0.29) is 104 Å². The summed E-state index contributed by atoms with van der Waals surface area (Å²) in [4.78, 5) is 78.5. The maximum absolute atomic E-state index is 13.2. The van der Waals surface area contributed by atoms with E-state index in [1.54, 1.807) is 13.8 Å². The van der Waals surface area contributed by atoms with E-state index in [0.717, 1.165) is 208 Å². The van der Waals surface area contributed by atoms with Gasteiger partial charge in [-0.1, -0.05) is 56.3 Å². The Labute approximate surface area is 665 Å². The Morgan fingerprint density at radius 2 is 0.694 bits per heavy atom. The van der Waals surface area contributed by atoms with E-state index in [0.29, 0.717) is 69.5 Å². The average molecular weight is 1710 g/mol. The number of carbonyl (C=O) groups excluding carboxylic acids is 5. The van der Waals surface area contributed by atoms with Gasteiger partial charge in [-0.15, -0.1) is 21.8 Å². The number of rotatable bonds is 17. The van der Waals surface area contributed by atoms with E-state index < -0.39 is 92.4 Å². The van der Waals surface area contributed by atoms with Crippen LogP contribution in [0, 0.1) is 62.0 Å². The third kappa shape index (κ3) is 25.2. The third-order valence-electron chi connectivity index (χ3n) is 24.6. The average Bonchev–Trinajstić information content (AvgIpc) is 1.60. The number of fused-ring (bicyclic) bond motifs is 12. The summed E-state index contributed by atoms with van der Waals surface area (Å²) in [6, 6.07) is 8.53. The molecule has 598 valence electrons. The minimum Gasteiger partial charge on any atom is -0.870 e. The summed E-state index contributed by atoms with van der Waals surface area (Å²) in [6.07, 6.45) is 26.9. The first-order chi connectivity index (χ1) is 49.1. The van der Waals surface area contributed by atoms with E-state index >= 15 is 0 Å². The first kappa shape index (κ1) is 92.8. The van der Waals surface area contributed by atoms with Crippen molar-refractivity contribution < 1.29 is 129 Å². The van der Waals surface area contributed by atoms with Crippen LogP contribution in [0.5, 0.6) is 0 Å². The van der Waals surface area contributed by atoms with Gasteiger partial charge in [0.25, 0.3) is 0 Å². The van der Waals surface area contributed by atoms with Crippen LogP contribution in [0.4, 0.5) is 26.3 Å². The van der Waals surface area contributed by atoms with Crippen LogP contribution in [0.15, 0.2) is 54.6 Å². The van der Waals surface area contributed by atoms with Crippen LogP contribution in [0.3, 0.4) is 0 Å². The van der Waals surface area contributed by atoms with Crippen molar-refractivity contribution >= 4 is 84.5 Å². The van der Waals surface area contributed by atoms with E-state index in [1.807, 2.05) is 0 Å². The van der Waals surface area contributed by atoms with Crippen LogP contribution in [0.25, 0.3) is 0 Å². The van der Waals surface area contributed by atoms with E-state index in [1.165, 1.54) is 0 Å². The zero-order valence-electron chi connectivity index (χ0n) is 64.3. The summed E-state index contributed by atoms with van der Waals surface area (Å²) in [5.41, 5.74) is -3.43. The number of Topliss-reactive ketones (excluding diaryl/α,β-unsaturated/α-hetero) is 3. The SMILES string of the molecule is CC(=O)CCBr.CC(=O)CCOC12CCC(O)(CC1)C2.CC12CCC(C(=O)O)(CC1)C2.CC12CCC(C(=O)c3cc(F)cc(F)c3)(CC1)C2.CC12CCC(OC(=O)c3cc(F)cc(F)c3)(CC1)C2.C[Si](C)(C)I.O=C(O)CCOC12CCC(O)(CC1)C2.O=C(OC12CCC(O)(CC1)C2)c1cc(F)cc(F)c1.[Li+].[OH-]. The van der Waals surface area contributed by atoms with Crippen LogP contribution in [0.2, 0.25) is 19.6 Å². The summed E-state index contributed by atoms with van der Waals surface area (Å²) in [7, 11) is 0. The molecule has 0 saturated heterocycles. The largest absolute Gasteiger partial charge is 1.00 e. The van der Waals surface area contributed by atoms with Gasteiger partial charge >= 0.3 is 42.7 Å². The number of carboxylic acids is 2. The molecule has 0 heterocycles. The Hall–Kier alpha value is -4.09. The summed E-state index contributed by atoms with van der Waals surface area (Å²) >= 11 is 5.65. The van der Waals surface area contributed by atoms with Crippen LogP contribution in [-0.2, 0) is 38.1 Å². The van der Waals surface area contributed by atoms with Gasteiger partial charge in [0.2, 0.25) is 0 Å². The Bertz CT molecular complexity index is 3440. The van der Waals surface area contributed by atoms with E-state index in [2.05, 4.69) is 78.1 Å². The molecule has 12 bridgehead atoms. The summed E-state index contributed by atoms with van der Waals surface area (Å²) in [5.74, 6) is -6.86. The Kier molecular flexibility index (Phi) is 31.4. The Morgan fingerprint density at radius 3 is 0.935 bits per heavy atom. The van der Waals surface area contributed by atoms with Crippen molar-refractivity contribution in [2.75, 3.05) is 18.5 Å². The monoisotopic (exact) mass is 1710 g/mol. The Morgan fingerprint density at radius 1 is 0.417 bits per heavy atom. The number of aliphatic hydroxyl groups is 3. The molecular weight excluding hydrogens is 1600 g/mol. The second-order valence-corrected chi connectivity index (χ2v) is 50.0. The van der Waals surface area contributed by atoms with Crippen LogP contribution in [-0.4, -0.2) is 136 Å². The van der Waals surface area contributed by atoms with Gasteiger partial charge in [0.1, 0.15) is 63.2 Å². The fraction of sp³-hybridized carbons (Fsp3) is 0.691. The number of hydrogen-bond acceptors (Lipinski definition) is 15. The molecule has 12 aliphatic rings. The summed E-state index contributed by atoms with van der Waals surface area (Å²) < 4.78 is 101. The second-order valence-electron chi connectivity index (χ2n) is 35.3. The second kappa shape index (κ2) is 36.6. The van der Waals surface area contributed by atoms with Gasteiger partial charge in [0.15, 0.2) is 5.78 Å². The molecule has 0 spiro atoms. The first-order valence-electron chi connectivity index (χ1n) is 37.7. The zero-order valence-corrected chi connectivity index (χ0v) is 69.1. The minimum atomic E-state index is -0.826. The predicted molar refractivity (Wildman–Crippen MR) is 403 cm³/mol. The fourth-order valence-corrected chi connectivity index (χ4v) is 19.4. The minimum absolute atomic E-state index is 0. The molecule has 27 heteroatoms. The number of ether oxygens (including phenoxy) is 4. The number of esters is 2. The van der Waals surface area contributed by atoms with Crippen LogP contribution in [0.1, 0.15) is 278 Å². The van der Waals surface area contributed by atoms with Gasteiger partial charge in [-0.3, -0.25) is 24.0 Å². The maximum atomic E-state index is 13.2. The normalized spacial score (nSPS) is 33.5. The summed E-state index contributed by atoms with van der Waals surface area (Å²) in [6.45, 7) is 17.5. The van der Waals surface area contributed by atoms with Crippen LogP contribution < -0.4 is 18.9 Å². The predicted octanol–water partition coefficient (Wildman–Crippen LogP) is 15.4. The molecule has 0 aliphatic heterocycles. The van der Waals surface area contributed by atoms with E-state index in [9.17, 15) is 75.2 Å². The zero-order chi connectivity index (χ0) is 78.4. The number of halogens is 8. The maximum Gasteiger partial charge on any atom is 1.00 e.